The molecule has 2 amide bonds. The number of carbonyl (C=O) groups excluding carboxylic acids is 2. The number of amides is 2. The molecule has 0 radical (unpaired) electrons. The summed E-state index contributed by atoms with van der Waals surface area (Å²) in [5.41, 5.74) is 1.26. The van der Waals surface area contributed by atoms with Crippen LogP contribution in [0.5, 0.6) is 0 Å². The molecule has 2 rings (SSSR count). The molecule has 1 fully saturated rings. The molecule has 1 aromatic rings. The Balaban J connectivity index is 1.92. The molecule has 1 aliphatic rings. The topological polar surface area (TPSA) is 70.2 Å². The van der Waals surface area contributed by atoms with Crippen molar-refractivity contribution in [1.82, 2.24) is 10.6 Å². The van der Waals surface area contributed by atoms with Crippen LogP contribution in [0.15, 0.2) is 36.9 Å². The maximum Gasteiger partial charge on any atom is 0.251 e. The SMILES string of the molecule is C=CCNC(=O)c1ccc(NC(=O)[C@H]2CCCN2)cc1. The number of carbonyl (C=O) groups is 2. The Labute approximate surface area is 118 Å². The summed E-state index contributed by atoms with van der Waals surface area (Å²) in [6.07, 6.45) is 3.52. The van der Waals surface area contributed by atoms with E-state index in [9.17, 15) is 9.59 Å². The molecule has 5 nitrogen and oxygen atoms in total. The van der Waals surface area contributed by atoms with E-state index in [0.29, 0.717) is 17.8 Å². The Hall–Kier alpha value is -2.14. The number of anilines is 1. The van der Waals surface area contributed by atoms with Gasteiger partial charge >= 0.3 is 0 Å². The van der Waals surface area contributed by atoms with Crippen LogP contribution in [0.1, 0.15) is 23.2 Å². The van der Waals surface area contributed by atoms with Gasteiger partial charge in [0.2, 0.25) is 5.91 Å². The van der Waals surface area contributed by atoms with Gasteiger partial charge in [-0.15, -0.1) is 6.58 Å². The van der Waals surface area contributed by atoms with E-state index in [-0.39, 0.29) is 17.9 Å². The molecule has 0 aromatic heterocycles. The summed E-state index contributed by atoms with van der Waals surface area (Å²) in [6, 6.07) is 6.74. The minimum absolute atomic E-state index is 0.0219. The molecule has 0 bridgehead atoms. The molecule has 0 spiro atoms. The quantitative estimate of drug-likeness (QED) is 0.708. The molecule has 1 aliphatic heterocycles. The van der Waals surface area contributed by atoms with Gasteiger partial charge < -0.3 is 16.0 Å². The van der Waals surface area contributed by atoms with Gasteiger partial charge in [0.05, 0.1) is 6.04 Å². The minimum atomic E-state index is -0.153. The smallest absolute Gasteiger partial charge is 0.251 e. The fourth-order valence-corrected chi connectivity index (χ4v) is 2.11. The van der Waals surface area contributed by atoms with Crippen molar-refractivity contribution in [2.45, 2.75) is 18.9 Å². The molecule has 3 N–H and O–H groups in total. The monoisotopic (exact) mass is 273 g/mol. The van der Waals surface area contributed by atoms with Gasteiger partial charge in [-0.2, -0.15) is 0 Å². The van der Waals surface area contributed by atoms with Crippen molar-refractivity contribution in [3.8, 4) is 0 Å². The van der Waals surface area contributed by atoms with Crippen molar-refractivity contribution in [3.63, 3.8) is 0 Å². The van der Waals surface area contributed by atoms with Gasteiger partial charge in [-0.05, 0) is 43.7 Å². The minimum Gasteiger partial charge on any atom is -0.349 e. The van der Waals surface area contributed by atoms with Gasteiger partial charge in [-0.3, -0.25) is 9.59 Å². The van der Waals surface area contributed by atoms with E-state index in [2.05, 4.69) is 22.5 Å². The van der Waals surface area contributed by atoms with E-state index < -0.39 is 0 Å². The van der Waals surface area contributed by atoms with Crippen molar-refractivity contribution in [1.29, 1.82) is 0 Å². The normalized spacial score (nSPS) is 17.5. The summed E-state index contributed by atoms with van der Waals surface area (Å²) in [5, 5.41) is 8.69. The molecule has 0 unspecified atom stereocenters. The molecule has 106 valence electrons. The highest BCUT2D eigenvalue weighted by molar-refractivity contribution is 5.97. The maximum absolute atomic E-state index is 11.9. The highest BCUT2D eigenvalue weighted by atomic mass is 16.2. The molecule has 20 heavy (non-hydrogen) atoms. The predicted molar refractivity (Wildman–Crippen MR) is 78.6 cm³/mol. The molecular weight excluding hydrogens is 254 g/mol. The lowest BCUT2D eigenvalue weighted by atomic mass is 10.1. The Bertz CT molecular complexity index is 490. The Morgan fingerprint density at radius 2 is 2.10 bits per heavy atom. The molecule has 0 aliphatic carbocycles. The number of hydrogen-bond donors (Lipinski definition) is 3. The molecule has 1 aromatic carbocycles. The van der Waals surface area contributed by atoms with Crippen LogP contribution in [0.2, 0.25) is 0 Å². The summed E-state index contributed by atoms with van der Waals surface area (Å²) < 4.78 is 0. The summed E-state index contributed by atoms with van der Waals surface area (Å²) in [5.74, 6) is -0.174. The number of benzene rings is 1. The van der Waals surface area contributed by atoms with Gasteiger partial charge in [0.25, 0.3) is 5.91 Å². The first-order valence-electron chi connectivity index (χ1n) is 6.74. The average molecular weight is 273 g/mol. The third-order valence-corrected chi connectivity index (χ3v) is 3.20. The predicted octanol–water partition coefficient (Wildman–Crippen LogP) is 1.29. The fourth-order valence-electron chi connectivity index (χ4n) is 2.11. The lowest BCUT2D eigenvalue weighted by molar-refractivity contribution is -0.117. The van der Waals surface area contributed by atoms with Crippen LogP contribution < -0.4 is 16.0 Å². The molecule has 5 heteroatoms. The highest BCUT2D eigenvalue weighted by Crippen LogP contribution is 2.12. The second-order valence-corrected chi connectivity index (χ2v) is 4.71. The fraction of sp³-hybridized carbons (Fsp3) is 0.333. The third kappa shape index (κ3) is 3.68. The van der Waals surface area contributed by atoms with Crippen LogP contribution >= 0.6 is 0 Å². The van der Waals surface area contributed by atoms with Gasteiger partial charge in [-0.25, -0.2) is 0 Å². The van der Waals surface area contributed by atoms with Crippen molar-refractivity contribution >= 4 is 17.5 Å². The van der Waals surface area contributed by atoms with Crippen LogP contribution in [0, 0.1) is 0 Å². The van der Waals surface area contributed by atoms with Crippen LogP contribution in [-0.4, -0.2) is 30.9 Å². The van der Waals surface area contributed by atoms with E-state index in [1.807, 2.05) is 0 Å². The van der Waals surface area contributed by atoms with Gasteiger partial charge in [0, 0.05) is 17.8 Å². The molecule has 1 saturated heterocycles. The molecule has 1 heterocycles. The van der Waals surface area contributed by atoms with Crippen LogP contribution in [-0.2, 0) is 4.79 Å². The first-order valence-corrected chi connectivity index (χ1v) is 6.74. The van der Waals surface area contributed by atoms with E-state index in [0.717, 1.165) is 19.4 Å². The zero-order valence-corrected chi connectivity index (χ0v) is 11.3. The van der Waals surface area contributed by atoms with Crippen molar-refractivity contribution in [2.24, 2.45) is 0 Å². The third-order valence-electron chi connectivity index (χ3n) is 3.20. The summed E-state index contributed by atoms with van der Waals surface area (Å²) in [7, 11) is 0. The number of hydrogen-bond acceptors (Lipinski definition) is 3. The van der Waals surface area contributed by atoms with Crippen molar-refractivity contribution in [2.75, 3.05) is 18.4 Å². The Morgan fingerprint density at radius 3 is 2.70 bits per heavy atom. The second kappa shape index (κ2) is 6.86. The number of rotatable bonds is 5. The standard InChI is InChI=1S/C15H19N3O2/c1-2-9-17-14(19)11-5-7-12(8-6-11)18-15(20)13-4-3-10-16-13/h2,5-8,13,16H,1,3-4,9-10H2,(H,17,19)(H,18,20)/t13-/m1/s1. The zero-order valence-electron chi connectivity index (χ0n) is 11.3. The summed E-state index contributed by atoms with van der Waals surface area (Å²) in [6.45, 7) is 4.87. The zero-order chi connectivity index (χ0) is 14.4. The van der Waals surface area contributed by atoms with Crippen LogP contribution in [0.4, 0.5) is 5.69 Å². The highest BCUT2D eigenvalue weighted by Gasteiger charge is 2.21. The summed E-state index contributed by atoms with van der Waals surface area (Å²) >= 11 is 0. The Morgan fingerprint density at radius 1 is 1.35 bits per heavy atom. The van der Waals surface area contributed by atoms with Crippen LogP contribution in [0.3, 0.4) is 0 Å². The largest absolute Gasteiger partial charge is 0.349 e. The molecule has 1 atom stereocenters. The Kier molecular flexibility index (Phi) is 4.90. The maximum atomic E-state index is 11.9. The van der Waals surface area contributed by atoms with E-state index >= 15 is 0 Å². The second-order valence-electron chi connectivity index (χ2n) is 4.71. The van der Waals surface area contributed by atoms with Crippen LogP contribution in [0.25, 0.3) is 0 Å². The van der Waals surface area contributed by atoms with Crippen molar-refractivity contribution < 1.29 is 9.59 Å². The van der Waals surface area contributed by atoms with E-state index in [1.54, 1.807) is 30.3 Å². The van der Waals surface area contributed by atoms with Gasteiger partial charge in [-0.1, -0.05) is 6.08 Å². The lowest BCUT2D eigenvalue weighted by Gasteiger charge is -2.11. The first kappa shape index (κ1) is 14.3. The average Bonchev–Trinajstić information content (AvgIpc) is 3.00. The molecule has 0 saturated carbocycles. The molecular formula is C15H19N3O2. The summed E-state index contributed by atoms with van der Waals surface area (Å²) in [4.78, 5) is 23.6. The van der Waals surface area contributed by atoms with E-state index in [1.165, 1.54) is 0 Å². The first-order chi connectivity index (χ1) is 9.70. The van der Waals surface area contributed by atoms with Gasteiger partial charge in [0.1, 0.15) is 0 Å². The number of nitrogens with one attached hydrogen (secondary N) is 3. The van der Waals surface area contributed by atoms with E-state index in [4.69, 9.17) is 0 Å². The van der Waals surface area contributed by atoms with Crippen molar-refractivity contribution in [3.05, 3.63) is 42.5 Å². The van der Waals surface area contributed by atoms with Gasteiger partial charge in [0.15, 0.2) is 0 Å². The lowest BCUT2D eigenvalue weighted by Crippen LogP contribution is -2.35.